The quantitative estimate of drug-likeness (QED) is 0.507. The standard InChI is InChI=1S/C23H42O3/c1-15(2)18-11-10-16(3)12-19(18)20(26-21(25)23(7,8)9)13-17(14-24)22(4,5)6/h13,15-16,18-20,24H,10-12,14H2,1-9H3/b17-13+/t16-,18+,19-,20-/m1/s1. The van der Waals surface area contributed by atoms with Crippen molar-refractivity contribution in [3.8, 4) is 0 Å². The lowest BCUT2D eigenvalue weighted by molar-refractivity contribution is -0.161. The lowest BCUT2D eigenvalue weighted by atomic mass is 9.67. The van der Waals surface area contributed by atoms with Gasteiger partial charge in [0.15, 0.2) is 0 Å². The minimum Gasteiger partial charge on any atom is -0.457 e. The summed E-state index contributed by atoms with van der Waals surface area (Å²) in [6.07, 6.45) is 5.30. The first-order valence-electron chi connectivity index (χ1n) is 10.3. The molecule has 3 heteroatoms. The normalized spacial score (nSPS) is 26.7. The Labute approximate surface area is 161 Å². The number of hydrogen-bond donors (Lipinski definition) is 1. The van der Waals surface area contributed by atoms with E-state index >= 15 is 0 Å². The number of ether oxygens (including phenoxy) is 1. The van der Waals surface area contributed by atoms with Crippen molar-refractivity contribution >= 4 is 5.97 Å². The van der Waals surface area contributed by atoms with Gasteiger partial charge in [-0.2, -0.15) is 0 Å². The van der Waals surface area contributed by atoms with Crippen LogP contribution in [0.1, 0.15) is 81.6 Å². The van der Waals surface area contributed by atoms with Gasteiger partial charge in [0.05, 0.1) is 12.0 Å². The van der Waals surface area contributed by atoms with Gasteiger partial charge in [0.1, 0.15) is 6.10 Å². The predicted octanol–water partition coefficient (Wildman–Crippen LogP) is 5.62. The van der Waals surface area contributed by atoms with E-state index in [0.29, 0.717) is 23.7 Å². The summed E-state index contributed by atoms with van der Waals surface area (Å²) in [6.45, 7) is 18.8. The minimum atomic E-state index is -0.527. The lowest BCUT2D eigenvalue weighted by Crippen LogP contribution is -2.40. The highest BCUT2D eigenvalue weighted by Gasteiger charge is 2.39. The van der Waals surface area contributed by atoms with Crippen molar-refractivity contribution in [1.29, 1.82) is 0 Å². The molecule has 0 amide bonds. The molecule has 1 rings (SSSR count). The van der Waals surface area contributed by atoms with Crippen LogP contribution in [-0.2, 0) is 9.53 Å². The number of aliphatic hydroxyl groups excluding tert-OH is 1. The number of carbonyl (C=O) groups excluding carboxylic acids is 1. The summed E-state index contributed by atoms with van der Waals surface area (Å²) >= 11 is 0. The molecule has 4 atom stereocenters. The molecule has 0 radical (unpaired) electrons. The molecule has 1 aliphatic rings. The maximum atomic E-state index is 12.7. The molecule has 1 aliphatic carbocycles. The SMILES string of the molecule is CC(C)[C@@H]1CC[C@@H](C)C[C@H]1[C@@H](/C=C(\CO)C(C)(C)C)OC(=O)C(C)(C)C. The topological polar surface area (TPSA) is 46.5 Å². The van der Waals surface area contributed by atoms with Crippen LogP contribution in [-0.4, -0.2) is 23.8 Å². The van der Waals surface area contributed by atoms with E-state index in [-0.39, 0.29) is 24.1 Å². The highest BCUT2D eigenvalue weighted by atomic mass is 16.5. The van der Waals surface area contributed by atoms with Crippen molar-refractivity contribution in [3.05, 3.63) is 11.6 Å². The highest BCUT2D eigenvalue weighted by Crippen LogP contribution is 2.42. The minimum absolute atomic E-state index is 0.00167. The molecule has 3 nitrogen and oxygen atoms in total. The third kappa shape index (κ3) is 6.40. The predicted molar refractivity (Wildman–Crippen MR) is 109 cm³/mol. The number of carbonyl (C=O) groups is 1. The monoisotopic (exact) mass is 366 g/mol. The summed E-state index contributed by atoms with van der Waals surface area (Å²) in [5.41, 5.74) is 0.278. The zero-order chi connectivity index (χ0) is 20.3. The van der Waals surface area contributed by atoms with Crippen LogP contribution in [0, 0.1) is 34.5 Å². The van der Waals surface area contributed by atoms with Gasteiger partial charge in [-0.3, -0.25) is 4.79 Å². The molecular formula is C23H42O3. The van der Waals surface area contributed by atoms with E-state index in [0.717, 1.165) is 12.0 Å². The van der Waals surface area contributed by atoms with Crippen molar-refractivity contribution in [2.75, 3.05) is 6.61 Å². The first kappa shape index (κ1) is 23.2. The molecule has 26 heavy (non-hydrogen) atoms. The molecule has 0 aromatic carbocycles. The molecule has 1 N–H and O–H groups in total. The maximum Gasteiger partial charge on any atom is 0.311 e. The molecule has 0 unspecified atom stereocenters. The molecule has 0 bridgehead atoms. The molecule has 152 valence electrons. The van der Waals surface area contributed by atoms with Crippen LogP contribution in [0.4, 0.5) is 0 Å². The summed E-state index contributed by atoms with van der Waals surface area (Å²) in [5.74, 6) is 1.90. The highest BCUT2D eigenvalue weighted by molar-refractivity contribution is 5.75. The molecule has 0 aromatic heterocycles. The van der Waals surface area contributed by atoms with Crippen LogP contribution in [0.5, 0.6) is 0 Å². The Hall–Kier alpha value is -0.830. The van der Waals surface area contributed by atoms with Gasteiger partial charge in [0.25, 0.3) is 0 Å². The number of hydrogen-bond acceptors (Lipinski definition) is 3. The molecule has 1 fully saturated rings. The lowest BCUT2D eigenvalue weighted by Gasteiger charge is -2.41. The van der Waals surface area contributed by atoms with Gasteiger partial charge < -0.3 is 9.84 Å². The Balaban J connectivity index is 3.28. The van der Waals surface area contributed by atoms with Crippen LogP contribution < -0.4 is 0 Å². The van der Waals surface area contributed by atoms with Crippen LogP contribution in [0.2, 0.25) is 0 Å². The Morgan fingerprint density at radius 2 is 1.65 bits per heavy atom. The summed E-state index contributed by atoms with van der Waals surface area (Å²) in [4.78, 5) is 12.7. The molecule has 0 saturated heterocycles. The van der Waals surface area contributed by atoms with E-state index in [9.17, 15) is 9.90 Å². The van der Waals surface area contributed by atoms with Crippen molar-refractivity contribution in [3.63, 3.8) is 0 Å². The zero-order valence-corrected chi connectivity index (χ0v) is 18.6. The van der Waals surface area contributed by atoms with Gasteiger partial charge in [-0.25, -0.2) is 0 Å². The second-order valence-electron chi connectivity index (χ2n) is 10.7. The average Bonchev–Trinajstić information content (AvgIpc) is 2.48. The summed E-state index contributed by atoms with van der Waals surface area (Å²) in [7, 11) is 0. The van der Waals surface area contributed by atoms with Gasteiger partial charge in [-0.1, -0.05) is 48.0 Å². The van der Waals surface area contributed by atoms with Crippen molar-refractivity contribution < 1.29 is 14.6 Å². The largest absolute Gasteiger partial charge is 0.457 e. The summed E-state index contributed by atoms with van der Waals surface area (Å²) < 4.78 is 6.08. The fourth-order valence-electron chi connectivity index (χ4n) is 3.94. The van der Waals surface area contributed by atoms with Gasteiger partial charge in [-0.15, -0.1) is 0 Å². The van der Waals surface area contributed by atoms with E-state index in [1.165, 1.54) is 12.8 Å². The second kappa shape index (κ2) is 8.91. The first-order valence-corrected chi connectivity index (χ1v) is 10.3. The van der Waals surface area contributed by atoms with Crippen molar-refractivity contribution in [2.45, 2.75) is 87.7 Å². The Morgan fingerprint density at radius 3 is 2.08 bits per heavy atom. The molecule has 0 heterocycles. The molecule has 1 saturated carbocycles. The van der Waals surface area contributed by atoms with E-state index in [4.69, 9.17) is 4.74 Å². The average molecular weight is 367 g/mol. The van der Waals surface area contributed by atoms with E-state index < -0.39 is 5.41 Å². The van der Waals surface area contributed by atoms with Crippen LogP contribution in [0.3, 0.4) is 0 Å². The Bertz CT molecular complexity index is 491. The molecule has 0 aliphatic heterocycles. The Kier molecular flexibility index (Phi) is 7.95. The zero-order valence-electron chi connectivity index (χ0n) is 18.6. The van der Waals surface area contributed by atoms with Gasteiger partial charge in [0.2, 0.25) is 0 Å². The number of rotatable bonds is 5. The third-order valence-corrected chi connectivity index (χ3v) is 5.85. The molecule has 0 spiro atoms. The third-order valence-electron chi connectivity index (χ3n) is 5.85. The Morgan fingerprint density at radius 1 is 1.08 bits per heavy atom. The smallest absolute Gasteiger partial charge is 0.311 e. The fraction of sp³-hybridized carbons (Fsp3) is 0.870. The maximum absolute atomic E-state index is 12.7. The number of esters is 1. The van der Waals surface area contributed by atoms with Gasteiger partial charge in [0, 0.05) is 5.92 Å². The summed E-state index contributed by atoms with van der Waals surface area (Å²) in [5, 5.41) is 9.92. The van der Waals surface area contributed by atoms with E-state index in [1.807, 2.05) is 20.8 Å². The summed E-state index contributed by atoms with van der Waals surface area (Å²) in [6, 6.07) is 0. The van der Waals surface area contributed by atoms with Crippen LogP contribution >= 0.6 is 0 Å². The van der Waals surface area contributed by atoms with Gasteiger partial charge >= 0.3 is 5.97 Å². The molecule has 0 aromatic rings. The van der Waals surface area contributed by atoms with Crippen LogP contribution in [0.25, 0.3) is 0 Å². The number of aliphatic hydroxyl groups is 1. The van der Waals surface area contributed by atoms with E-state index in [1.54, 1.807) is 0 Å². The van der Waals surface area contributed by atoms with E-state index in [2.05, 4.69) is 47.6 Å². The fourth-order valence-corrected chi connectivity index (χ4v) is 3.94. The second-order valence-corrected chi connectivity index (χ2v) is 10.7. The van der Waals surface area contributed by atoms with Crippen molar-refractivity contribution in [2.24, 2.45) is 34.5 Å². The molecular weight excluding hydrogens is 324 g/mol. The first-order chi connectivity index (χ1) is 11.8. The van der Waals surface area contributed by atoms with Crippen LogP contribution in [0.15, 0.2) is 11.6 Å². The van der Waals surface area contributed by atoms with Gasteiger partial charge in [-0.05, 0) is 68.4 Å². The van der Waals surface area contributed by atoms with Crippen molar-refractivity contribution in [1.82, 2.24) is 0 Å².